The van der Waals surface area contributed by atoms with Crippen molar-refractivity contribution >= 4 is 6.03 Å². The van der Waals surface area contributed by atoms with Crippen molar-refractivity contribution in [3.05, 3.63) is 23.8 Å². The Labute approximate surface area is 136 Å². The van der Waals surface area contributed by atoms with Crippen LogP contribution < -0.4 is 20.1 Å². The summed E-state index contributed by atoms with van der Waals surface area (Å²) in [6, 6.07) is 5.50. The molecule has 0 aliphatic heterocycles. The van der Waals surface area contributed by atoms with Crippen LogP contribution in [0.1, 0.15) is 12.5 Å². The second-order valence-electron chi connectivity index (χ2n) is 4.69. The molecule has 0 aromatic heterocycles. The average Bonchev–Trinajstić information content (AvgIpc) is 2.56. The summed E-state index contributed by atoms with van der Waals surface area (Å²) in [4.78, 5) is 11.6. The summed E-state index contributed by atoms with van der Waals surface area (Å²) in [5, 5.41) is 14.0. The first-order valence-electron chi connectivity index (χ1n) is 7.71. The smallest absolute Gasteiger partial charge is 0.314 e. The first-order valence-corrected chi connectivity index (χ1v) is 7.71. The van der Waals surface area contributed by atoms with Gasteiger partial charge >= 0.3 is 6.03 Å². The van der Waals surface area contributed by atoms with Gasteiger partial charge in [-0.1, -0.05) is 6.07 Å². The van der Waals surface area contributed by atoms with E-state index in [0.29, 0.717) is 44.2 Å². The molecular formula is C16H26N2O5. The number of rotatable bonds is 11. The maximum absolute atomic E-state index is 11.6. The van der Waals surface area contributed by atoms with Crippen molar-refractivity contribution in [1.82, 2.24) is 10.6 Å². The number of carbonyl (C=O) groups is 1. The van der Waals surface area contributed by atoms with Crippen LogP contribution in [0.5, 0.6) is 11.5 Å². The van der Waals surface area contributed by atoms with Crippen LogP contribution >= 0.6 is 0 Å². The van der Waals surface area contributed by atoms with E-state index >= 15 is 0 Å². The van der Waals surface area contributed by atoms with Gasteiger partial charge in [-0.15, -0.1) is 0 Å². The zero-order valence-corrected chi connectivity index (χ0v) is 13.8. The second-order valence-corrected chi connectivity index (χ2v) is 4.69. The lowest BCUT2D eigenvalue weighted by molar-refractivity contribution is 0.0947. The van der Waals surface area contributed by atoms with Gasteiger partial charge in [0.1, 0.15) is 0 Å². The fourth-order valence-corrected chi connectivity index (χ4v) is 1.93. The van der Waals surface area contributed by atoms with E-state index < -0.39 is 0 Å². The number of hydrogen-bond acceptors (Lipinski definition) is 5. The molecule has 0 aliphatic carbocycles. The van der Waals surface area contributed by atoms with Crippen molar-refractivity contribution in [1.29, 1.82) is 0 Å². The van der Waals surface area contributed by atoms with Crippen LogP contribution in [0.2, 0.25) is 0 Å². The predicted octanol–water partition coefficient (Wildman–Crippen LogP) is 0.945. The third-order valence-corrected chi connectivity index (χ3v) is 2.99. The van der Waals surface area contributed by atoms with Crippen LogP contribution in [-0.4, -0.2) is 57.8 Å². The lowest BCUT2D eigenvalue weighted by Crippen LogP contribution is -2.38. The highest BCUT2D eigenvalue weighted by molar-refractivity contribution is 5.73. The number of carbonyl (C=O) groups excluding carboxylic acids is 1. The molecule has 0 saturated carbocycles. The molecular weight excluding hydrogens is 300 g/mol. The summed E-state index contributed by atoms with van der Waals surface area (Å²) in [5.74, 6) is 1.40. The van der Waals surface area contributed by atoms with Gasteiger partial charge in [-0.05, 0) is 31.0 Å². The Hall–Kier alpha value is -1.99. The van der Waals surface area contributed by atoms with Crippen LogP contribution in [-0.2, 0) is 11.2 Å². The third-order valence-electron chi connectivity index (χ3n) is 2.99. The van der Waals surface area contributed by atoms with E-state index in [0.717, 1.165) is 5.56 Å². The van der Waals surface area contributed by atoms with Gasteiger partial charge in [0.25, 0.3) is 0 Å². The molecule has 7 heteroatoms. The molecule has 0 unspecified atom stereocenters. The Kier molecular flexibility index (Phi) is 9.58. The van der Waals surface area contributed by atoms with Crippen molar-refractivity contribution in [2.45, 2.75) is 13.3 Å². The van der Waals surface area contributed by atoms with Crippen molar-refractivity contribution in [2.24, 2.45) is 0 Å². The molecule has 1 aromatic carbocycles. The minimum absolute atomic E-state index is 0.0161. The Morgan fingerprint density at radius 3 is 2.65 bits per heavy atom. The van der Waals surface area contributed by atoms with Gasteiger partial charge in [-0.2, -0.15) is 0 Å². The summed E-state index contributed by atoms with van der Waals surface area (Å²) in [6.45, 7) is 4.07. The molecule has 0 bridgehead atoms. The highest BCUT2D eigenvalue weighted by atomic mass is 16.5. The highest BCUT2D eigenvalue weighted by Gasteiger charge is 2.06. The molecule has 0 fully saturated rings. The quantitative estimate of drug-likeness (QED) is 0.527. The molecule has 0 atom stereocenters. The van der Waals surface area contributed by atoms with Crippen molar-refractivity contribution in [3.8, 4) is 11.5 Å². The lowest BCUT2D eigenvalue weighted by Gasteiger charge is -2.11. The largest absolute Gasteiger partial charge is 0.493 e. The molecule has 130 valence electrons. The minimum Gasteiger partial charge on any atom is -0.493 e. The minimum atomic E-state index is -0.240. The average molecular weight is 326 g/mol. The first-order chi connectivity index (χ1) is 11.2. The Balaban J connectivity index is 2.28. The topological polar surface area (TPSA) is 89.1 Å². The van der Waals surface area contributed by atoms with Gasteiger partial charge in [0.15, 0.2) is 11.5 Å². The molecule has 0 heterocycles. The van der Waals surface area contributed by atoms with E-state index in [4.69, 9.17) is 19.3 Å². The number of amides is 2. The highest BCUT2D eigenvalue weighted by Crippen LogP contribution is 2.28. The van der Waals surface area contributed by atoms with Crippen LogP contribution in [0.25, 0.3) is 0 Å². The Bertz CT molecular complexity index is 468. The van der Waals surface area contributed by atoms with Gasteiger partial charge in [0, 0.05) is 13.1 Å². The molecule has 1 aromatic rings. The van der Waals surface area contributed by atoms with E-state index in [1.54, 1.807) is 7.11 Å². The fraction of sp³-hybridized carbons (Fsp3) is 0.562. The lowest BCUT2D eigenvalue weighted by atomic mass is 10.1. The normalized spacial score (nSPS) is 10.2. The summed E-state index contributed by atoms with van der Waals surface area (Å²) < 4.78 is 15.8. The summed E-state index contributed by atoms with van der Waals surface area (Å²) >= 11 is 0. The standard InChI is InChI=1S/C16H26N2O5/c1-3-23-14-5-4-13(12-15(14)21-2)6-7-17-16(20)18-8-10-22-11-9-19/h4-5,12,19H,3,6-11H2,1-2H3,(H2,17,18,20). The third kappa shape index (κ3) is 7.71. The SMILES string of the molecule is CCOc1ccc(CCNC(=O)NCCOCCO)cc1OC. The number of nitrogens with one attached hydrogen (secondary N) is 2. The Morgan fingerprint density at radius 1 is 1.17 bits per heavy atom. The number of methoxy groups -OCH3 is 1. The molecule has 0 aliphatic rings. The van der Waals surface area contributed by atoms with Gasteiger partial charge in [0.05, 0.1) is 33.5 Å². The van der Waals surface area contributed by atoms with Crippen LogP contribution in [0.4, 0.5) is 4.79 Å². The monoisotopic (exact) mass is 326 g/mol. The second kappa shape index (κ2) is 11.6. The number of benzene rings is 1. The van der Waals surface area contributed by atoms with Crippen molar-refractivity contribution in [2.75, 3.05) is 46.6 Å². The predicted molar refractivity (Wildman–Crippen MR) is 87.2 cm³/mol. The van der Waals surface area contributed by atoms with E-state index in [1.807, 2.05) is 25.1 Å². The van der Waals surface area contributed by atoms with E-state index in [9.17, 15) is 4.79 Å². The number of ether oxygens (including phenoxy) is 3. The molecule has 0 radical (unpaired) electrons. The zero-order valence-electron chi connectivity index (χ0n) is 13.8. The maximum Gasteiger partial charge on any atom is 0.314 e. The number of aliphatic hydroxyl groups is 1. The number of urea groups is 1. The fourth-order valence-electron chi connectivity index (χ4n) is 1.93. The summed E-state index contributed by atoms with van der Waals surface area (Å²) in [5.41, 5.74) is 1.05. The molecule has 3 N–H and O–H groups in total. The van der Waals surface area contributed by atoms with Gasteiger partial charge in [-0.3, -0.25) is 0 Å². The summed E-state index contributed by atoms with van der Waals surface area (Å²) in [6.07, 6.45) is 0.692. The number of hydrogen-bond donors (Lipinski definition) is 3. The maximum atomic E-state index is 11.6. The van der Waals surface area contributed by atoms with E-state index in [2.05, 4.69) is 10.6 Å². The van der Waals surface area contributed by atoms with Crippen LogP contribution in [0.15, 0.2) is 18.2 Å². The molecule has 0 saturated heterocycles. The molecule has 1 rings (SSSR count). The van der Waals surface area contributed by atoms with Crippen molar-refractivity contribution < 1.29 is 24.1 Å². The zero-order chi connectivity index (χ0) is 16.9. The molecule has 7 nitrogen and oxygen atoms in total. The van der Waals surface area contributed by atoms with Gasteiger partial charge < -0.3 is 30.0 Å². The van der Waals surface area contributed by atoms with Gasteiger partial charge in [-0.25, -0.2) is 4.79 Å². The van der Waals surface area contributed by atoms with Crippen LogP contribution in [0.3, 0.4) is 0 Å². The Morgan fingerprint density at radius 2 is 1.96 bits per heavy atom. The van der Waals surface area contributed by atoms with Crippen molar-refractivity contribution in [3.63, 3.8) is 0 Å². The summed E-state index contributed by atoms with van der Waals surface area (Å²) in [7, 11) is 1.60. The molecule has 2 amide bonds. The molecule has 0 spiro atoms. The van der Waals surface area contributed by atoms with Gasteiger partial charge in [0.2, 0.25) is 0 Å². The molecule has 23 heavy (non-hydrogen) atoms. The van der Waals surface area contributed by atoms with Crippen LogP contribution in [0, 0.1) is 0 Å². The van der Waals surface area contributed by atoms with E-state index in [-0.39, 0.29) is 19.2 Å². The number of aliphatic hydroxyl groups excluding tert-OH is 1. The van der Waals surface area contributed by atoms with E-state index in [1.165, 1.54) is 0 Å². The first kappa shape index (κ1) is 19.1.